The number of nitrogens with zero attached hydrogens (tertiary/aromatic N) is 1. The Hall–Kier alpha value is -2.61. The van der Waals surface area contributed by atoms with E-state index in [1.165, 1.54) is 6.08 Å². The van der Waals surface area contributed by atoms with Gasteiger partial charge in [0.1, 0.15) is 11.6 Å². The zero-order valence-electron chi connectivity index (χ0n) is 10.8. The third-order valence-electron chi connectivity index (χ3n) is 2.24. The average molecular weight is 258 g/mol. The number of nitriles is 1. The van der Waals surface area contributed by atoms with Crippen molar-refractivity contribution in [3.8, 4) is 6.07 Å². The van der Waals surface area contributed by atoms with Gasteiger partial charge in [0, 0.05) is 0 Å². The molecule has 5 nitrogen and oxygen atoms in total. The first kappa shape index (κ1) is 14.5. The van der Waals surface area contributed by atoms with E-state index in [0.717, 1.165) is 5.56 Å². The summed E-state index contributed by atoms with van der Waals surface area (Å²) in [4.78, 5) is 22.7. The first-order valence-corrected chi connectivity index (χ1v) is 5.73. The van der Waals surface area contributed by atoms with Crippen LogP contribution in [0.4, 0.5) is 4.79 Å². The number of imide groups is 1. The zero-order valence-corrected chi connectivity index (χ0v) is 10.8. The van der Waals surface area contributed by atoms with Crippen LogP contribution < -0.4 is 5.32 Å². The van der Waals surface area contributed by atoms with E-state index in [1.54, 1.807) is 25.1 Å². The molecule has 0 fully saturated rings. The van der Waals surface area contributed by atoms with E-state index in [0.29, 0.717) is 5.56 Å². The second-order valence-corrected chi connectivity index (χ2v) is 3.76. The second-order valence-electron chi connectivity index (χ2n) is 3.76. The zero-order chi connectivity index (χ0) is 14.3. The SMILES string of the molecule is CCOC(=O)NC(=O)/C(C#N)=C\c1ccc(C)cc1. The van der Waals surface area contributed by atoms with Crippen LogP contribution in [0.25, 0.3) is 6.08 Å². The van der Waals surface area contributed by atoms with E-state index in [9.17, 15) is 9.59 Å². The molecular weight excluding hydrogens is 244 g/mol. The lowest BCUT2D eigenvalue weighted by molar-refractivity contribution is -0.116. The number of ether oxygens (including phenoxy) is 1. The van der Waals surface area contributed by atoms with E-state index in [4.69, 9.17) is 5.26 Å². The molecule has 0 radical (unpaired) electrons. The van der Waals surface area contributed by atoms with E-state index in [-0.39, 0.29) is 12.2 Å². The van der Waals surface area contributed by atoms with Crippen molar-refractivity contribution >= 4 is 18.1 Å². The second kappa shape index (κ2) is 6.97. The molecule has 1 aromatic carbocycles. The number of carbonyl (C=O) groups is 2. The number of aryl methyl sites for hydroxylation is 1. The quantitative estimate of drug-likeness (QED) is 0.665. The summed E-state index contributed by atoms with van der Waals surface area (Å²) in [5.74, 6) is -0.776. The Labute approximate surface area is 111 Å². The van der Waals surface area contributed by atoms with Crippen LogP contribution in [-0.2, 0) is 9.53 Å². The number of rotatable bonds is 3. The molecule has 0 heterocycles. The maximum atomic E-state index is 11.6. The predicted molar refractivity (Wildman–Crippen MR) is 69.9 cm³/mol. The van der Waals surface area contributed by atoms with Crippen molar-refractivity contribution in [1.29, 1.82) is 5.26 Å². The molecular formula is C14H14N2O3. The van der Waals surface area contributed by atoms with Crippen molar-refractivity contribution in [2.24, 2.45) is 0 Å². The van der Waals surface area contributed by atoms with Gasteiger partial charge in [-0.3, -0.25) is 10.1 Å². The minimum atomic E-state index is -0.863. The molecule has 0 aromatic heterocycles. The van der Waals surface area contributed by atoms with Crippen LogP contribution in [-0.4, -0.2) is 18.6 Å². The molecule has 19 heavy (non-hydrogen) atoms. The van der Waals surface area contributed by atoms with Crippen molar-refractivity contribution in [3.63, 3.8) is 0 Å². The first-order chi connectivity index (χ1) is 9.06. The first-order valence-electron chi connectivity index (χ1n) is 5.73. The van der Waals surface area contributed by atoms with Gasteiger partial charge in [-0.05, 0) is 25.5 Å². The lowest BCUT2D eigenvalue weighted by Gasteiger charge is -2.03. The molecule has 0 aliphatic rings. The van der Waals surface area contributed by atoms with Crippen LogP contribution in [0.1, 0.15) is 18.1 Å². The summed E-state index contributed by atoms with van der Waals surface area (Å²) in [5, 5.41) is 10.9. The van der Waals surface area contributed by atoms with E-state index < -0.39 is 12.0 Å². The number of hydrogen-bond acceptors (Lipinski definition) is 4. The number of amides is 2. The maximum Gasteiger partial charge on any atom is 0.414 e. The van der Waals surface area contributed by atoms with Crippen molar-refractivity contribution < 1.29 is 14.3 Å². The molecule has 5 heteroatoms. The molecule has 1 aromatic rings. The Morgan fingerprint density at radius 2 is 2.00 bits per heavy atom. The number of carbonyl (C=O) groups excluding carboxylic acids is 2. The molecule has 0 aliphatic carbocycles. The van der Waals surface area contributed by atoms with Crippen LogP contribution >= 0.6 is 0 Å². The van der Waals surface area contributed by atoms with Crippen molar-refractivity contribution in [2.75, 3.05) is 6.61 Å². The minimum Gasteiger partial charge on any atom is -0.450 e. The molecule has 1 rings (SSSR count). The summed E-state index contributed by atoms with van der Waals surface area (Å²) in [6.07, 6.45) is 0.547. The fraction of sp³-hybridized carbons (Fsp3) is 0.214. The molecule has 98 valence electrons. The van der Waals surface area contributed by atoms with Crippen LogP contribution in [0.15, 0.2) is 29.8 Å². The molecule has 0 bridgehead atoms. The maximum absolute atomic E-state index is 11.6. The highest BCUT2D eigenvalue weighted by Crippen LogP contribution is 2.08. The van der Waals surface area contributed by atoms with Gasteiger partial charge in [-0.1, -0.05) is 29.8 Å². The highest BCUT2D eigenvalue weighted by molar-refractivity contribution is 6.07. The summed E-state index contributed by atoms with van der Waals surface area (Å²) >= 11 is 0. The van der Waals surface area contributed by atoms with E-state index in [2.05, 4.69) is 4.74 Å². The van der Waals surface area contributed by atoms with E-state index >= 15 is 0 Å². The smallest absolute Gasteiger partial charge is 0.414 e. The van der Waals surface area contributed by atoms with Crippen LogP contribution in [0.3, 0.4) is 0 Å². The van der Waals surface area contributed by atoms with Gasteiger partial charge in [0.25, 0.3) is 5.91 Å². The van der Waals surface area contributed by atoms with Crippen LogP contribution in [0.2, 0.25) is 0 Å². The van der Waals surface area contributed by atoms with Gasteiger partial charge in [0.15, 0.2) is 0 Å². The summed E-state index contributed by atoms with van der Waals surface area (Å²) < 4.78 is 4.57. The number of hydrogen-bond donors (Lipinski definition) is 1. The number of benzene rings is 1. The summed E-state index contributed by atoms with van der Waals surface area (Å²) in [6.45, 7) is 3.71. The molecule has 1 N–H and O–H groups in total. The van der Waals surface area contributed by atoms with Gasteiger partial charge in [0.05, 0.1) is 6.61 Å². The Morgan fingerprint density at radius 3 is 2.53 bits per heavy atom. The molecule has 0 unspecified atom stereocenters. The van der Waals surface area contributed by atoms with Gasteiger partial charge in [0.2, 0.25) is 0 Å². The van der Waals surface area contributed by atoms with Gasteiger partial charge in [-0.2, -0.15) is 5.26 Å². The summed E-state index contributed by atoms with van der Waals surface area (Å²) in [6, 6.07) is 9.05. The third kappa shape index (κ3) is 4.64. The highest BCUT2D eigenvalue weighted by atomic mass is 16.5. The topological polar surface area (TPSA) is 79.2 Å². The van der Waals surface area contributed by atoms with Gasteiger partial charge in [-0.25, -0.2) is 4.79 Å². The Morgan fingerprint density at radius 1 is 1.37 bits per heavy atom. The molecule has 0 aliphatic heterocycles. The van der Waals surface area contributed by atoms with Crippen LogP contribution in [0.5, 0.6) is 0 Å². The molecule has 0 saturated heterocycles. The van der Waals surface area contributed by atoms with Crippen molar-refractivity contribution in [2.45, 2.75) is 13.8 Å². The predicted octanol–water partition coefficient (Wildman–Crippen LogP) is 2.17. The lowest BCUT2D eigenvalue weighted by Crippen LogP contribution is -2.31. The van der Waals surface area contributed by atoms with Gasteiger partial charge in [-0.15, -0.1) is 0 Å². The fourth-order valence-electron chi connectivity index (χ4n) is 1.31. The Bertz CT molecular complexity index is 539. The molecule has 0 saturated carbocycles. The van der Waals surface area contributed by atoms with Gasteiger partial charge >= 0.3 is 6.09 Å². The average Bonchev–Trinajstić information content (AvgIpc) is 2.38. The summed E-state index contributed by atoms with van der Waals surface area (Å²) in [7, 11) is 0. The standard InChI is InChI=1S/C14H14N2O3/c1-3-19-14(18)16-13(17)12(9-15)8-11-6-4-10(2)5-7-11/h4-8H,3H2,1-2H3,(H,16,17,18)/b12-8-. The lowest BCUT2D eigenvalue weighted by atomic mass is 10.1. The largest absolute Gasteiger partial charge is 0.450 e. The van der Waals surface area contributed by atoms with E-state index in [1.807, 2.05) is 24.4 Å². The third-order valence-corrected chi connectivity index (χ3v) is 2.24. The van der Waals surface area contributed by atoms with Crippen molar-refractivity contribution in [3.05, 3.63) is 41.0 Å². The number of nitrogens with one attached hydrogen (secondary N) is 1. The monoisotopic (exact) mass is 258 g/mol. The molecule has 0 atom stereocenters. The Kier molecular flexibility index (Phi) is 5.30. The van der Waals surface area contributed by atoms with Crippen LogP contribution in [0, 0.1) is 18.3 Å². The van der Waals surface area contributed by atoms with Crippen molar-refractivity contribution in [1.82, 2.24) is 5.32 Å². The number of alkyl carbamates (subject to hydrolysis) is 1. The highest BCUT2D eigenvalue weighted by Gasteiger charge is 2.13. The normalized spacial score (nSPS) is 10.5. The summed E-state index contributed by atoms with van der Waals surface area (Å²) in [5.41, 5.74) is 1.63. The fourth-order valence-corrected chi connectivity index (χ4v) is 1.31. The molecule has 2 amide bonds. The Balaban J connectivity index is 2.83. The minimum absolute atomic E-state index is 0.155. The molecule has 0 spiro atoms. The van der Waals surface area contributed by atoms with Gasteiger partial charge < -0.3 is 4.74 Å².